The van der Waals surface area contributed by atoms with Crippen LogP contribution in [0.4, 0.5) is 29.1 Å². The van der Waals surface area contributed by atoms with E-state index in [-0.39, 0.29) is 5.69 Å². The zero-order valence-electron chi connectivity index (χ0n) is 9.17. The predicted molar refractivity (Wildman–Crippen MR) is 64.4 cm³/mol. The largest absolute Gasteiger partial charge is 0.419 e. The summed E-state index contributed by atoms with van der Waals surface area (Å²) in [4.78, 5) is 7.60. The summed E-state index contributed by atoms with van der Waals surface area (Å²) in [5.74, 6) is -1.02. The number of alkyl halides is 3. The lowest BCUT2D eigenvalue weighted by Crippen LogP contribution is -2.08. The second-order valence-electron chi connectivity index (χ2n) is 3.54. The van der Waals surface area contributed by atoms with Crippen LogP contribution in [0.3, 0.4) is 0 Å². The molecule has 0 atom stereocenters. The number of rotatable bonds is 2. The molecule has 0 aliphatic heterocycles. The van der Waals surface area contributed by atoms with Crippen LogP contribution < -0.4 is 5.32 Å². The summed E-state index contributed by atoms with van der Waals surface area (Å²) in [7, 11) is 0. The van der Waals surface area contributed by atoms with Gasteiger partial charge in [0, 0.05) is 11.8 Å². The molecule has 8 heteroatoms. The highest BCUT2D eigenvalue weighted by molar-refractivity contribution is 9.10. The van der Waals surface area contributed by atoms with Crippen LogP contribution >= 0.6 is 15.9 Å². The van der Waals surface area contributed by atoms with Crippen LogP contribution in [-0.4, -0.2) is 9.97 Å². The Bertz CT molecular complexity index is 601. The van der Waals surface area contributed by atoms with E-state index in [1.807, 2.05) is 0 Å². The van der Waals surface area contributed by atoms with Crippen molar-refractivity contribution in [2.24, 2.45) is 0 Å². The van der Waals surface area contributed by atoms with Gasteiger partial charge in [-0.3, -0.25) is 0 Å². The number of hydrogen-bond donors (Lipinski definition) is 1. The van der Waals surface area contributed by atoms with Crippen molar-refractivity contribution >= 4 is 27.4 Å². The molecule has 0 amide bonds. The molecule has 100 valence electrons. The molecule has 2 aromatic rings. The quantitative estimate of drug-likeness (QED) is 0.662. The maximum atomic E-state index is 13.1. The molecule has 0 fully saturated rings. The molecule has 3 nitrogen and oxygen atoms in total. The average molecular weight is 336 g/mol. The van der Waals surface area contributed by atoms with Gasteiger partial charge in [0.05, 0.1) is 5.56 Å². The number of hydrogen-bond acceptors (Lipinski definition) is 3. The van der Waals surface area contributed by atoms with Gasteiger partial charge in [0.25, 0.3) is 0 Å². The van der Waals surface area contributed by atoms with Crippen LogP contribution in [0.25, 0.3) is 0 Å². The van der Waals surface area contributed by atoms with Crippen LogP contribution in [-0.2, 0) is 6.18 Å². The van der Waals surface area contributed by atoms with Crippen molar-refractivity contribution in [3.8, 4) is 0 Å². The summed E-state index contributed by atoms with van der Waals surface area (Å²) >= 11 is 3.10. The van der Waals surface area contributed by atoms with Gasteiger partial charge in [-0.25, -0.2) is 14.4 Å². The third kappa shape index (κ3) is 3.40. The highest BCUT2D eigenvalue weighted by Gasteiger charge is 2.34. The fraction of sp³-hybridized carbons (Fsp3) is 0.0909. The van der Waals surface area contributed by atoms with Gasteiger partial charge in [0.15, 0.2) is 0 Å². The lowest BCUT2D eigenvalue weighted by atomic mass is 10.2. The average Bonchev–Trinajstić information content (AvgIpc) is 2.30. The van der Waals surface area contributed by atoms with Gasteiger partial charge in [-0.1, -0.05) is 0 Å². The molecule has 0 aliphatic carbocycles. The third-order valence-corrected chi connectivity index (χ3v) is 2.61. The number of nitrogens with one attached hydrogen (secondary N) is 1. The zero-order valence-corrected chi connectivity index (χ0v) is 10.8. The lowest BCUT2D eigenvalue weighted by molar-refractivity contribution is -0.139. The van der Waals surface area contributed by atoms with E-state index in [0.717, 1.165) is 6.07 Å². The number of aromatic nitrogens is 2. The monoisotopic (exact) mass is 335 g/mol. The molecule has 1 heterocycles. The Labute approximate surface area is 113 Å². The highest BCUT2D eigenvalue weighted by atomic mass is 79.9. The Morgan fingerprint density at radius 2 is 1.84 bits per heavy atom. The maximum Gasteiger partial charge on any atom is 0.419 e. The molecular formula is C11H6BrF4N3. The molecule has 19 heavy (non-hydrogen) atoms. The van der Waals surface area contributed by atoms with E-state index in [0.29, 0.717) is 16.5 Å². The maximum absolute atomic E-state index is 13.1. The Hall–Kier alpha value is -1.70. The number of nitrogens with zero attached hydrogens (tertiary/aromatic N) is 2. The van der Waals surface area contributed by atoms with E-state index in [9.17, 15) is 17.6 Å². The molecule has 1 N–H and O–H groups in total. The SMILES string of the molecule is Fc1ccc(Nc2cc(Br)ncn2)cc1C(F)(F)F. The molecule has 0 saturated heterocycles. The third-order valence-electron chi connectivity index (χ3n) is 2.18. The second-order valence-corrected chi connectivity index (χ2v) is 4.36. The van der Waals surface area contributed by atoms with Crippen LogP contribution in [0, 0.1) is 5.82 Å². The van der Waals surface area contributed by atoms with Crippen molar-refractivity contribution in [2.75, 3.05) is 5.32 Å². The van der Waals surface area contributed by atoms with E-state index in [4.69, 9.17) is 0 Å². The first-order valence-electron chi connectivity index (χ1n) is 4.97. The molecule has 1 aromatic heterocycles. The first-order chi connectivity index (χ1) is 8.86. The van der Waals surface area contributed by atoms with Crippen molar-refractivity contribution in [3.63, 3.8) is 0 Å². The van der Waals surface area contributed by atoms with Crippen molar-refractivity contribution in [1.29, 1.82) is 0 Å². The van der Waals surface area contributed by atoms with E-state index in [2.05, 4.69) is 31.2 Å². The smallest absolute Gasteiger partial charge is 0.340 e. The molecule has 0 unspecified atom stereocenters. The number of halogens is 5. The minimum Gasteiger partial charge on any atom is -0.340 e. The summed E-state index contributed by atoms with van der Waals surface area (Å²) in [6.45, 7) is 0. The molecule has 0 bridgehead atoms. The zero-order chi connectivity index (χ0) is 14.0. The van der Waals surface area contributed by atoms with Crippen LogP contribution in [0.15, 0.2) is 35.2 Å². The number of benzene rings is 1. The molecule has 0 saturated carbocycles. The Balaban J connectivity index is 2.32. The second kappa shape index (κ2) is 5.12. The Morgan fingerprint density at radius 3 is 2.47 bits per heavy atom. The molecular weight excluding hydrogens is 330 g/mol. The lowest BCUT2D eigenvalue weighted by Gasteiger charge is -2.11. The summed E-state index contributed by atoms with van der Waals surface area (Å²) in [5.41, 5.74) is -1.25. The van der Waals surface area contributed by atoms with Crippen molar-refractivity contribution in [1.82, 2.24) is 9.97 Å². The van der Waals surface area contributed by atoms with Crippen LogP contribution in [0.2, 0.25) is 0 Å². The van der Waals surface area contributed by atoms with Crippen LogP contribution in [0.1, 0.15) is 5.56 Å². The first-order valence-corrected chi connectivity index (χ1v) is 5.77. The highest BCUT2D eigenvalue weighted by Crippen LogP contribution is 2.33. The molecule has 2 rings (SSSR count). The van der Waals surface area contributed by atoms with Crippen molar-refractivity contribution in [3.05, 3.63) is 46.6 Å². The summed E-state index contributed by atoms with van der Waals surface area (Å²) in [6, 6.07) is 4.12. The topological polar surface area (TPSA) is 37.8 Å². The fourth-order valence-electron chi connectivity index (χ4n) is 1.37. The van der Waals surface area contributed by atoms with Crippen molar-refractivity contribution in [2.45, 2.75) is 6.18 Å². The van der Waals surface area contributed by atoms with Crippen molar-refractivity contribution < 1.29 is 17.6 Å². The predicted octanol–water partition coefficient (Wildman–Crippen LogP) is 4.14. The number of anilines is 2. The van der Waals surface area contributed by atoms with Gasteiger partial charge in [0.2, 0.25) is 0 Å². The van der Waals surface area contributed by atoms with E-state index in [1.165, 1.54) is 18.5 Å². The Kier molecular flexibility index (Phi) is 3.70. The van der Waals surface area contributed by atoms with E-state index >= 15 is 0 Å². The summed E-state index contributed by atoms with van der Waals surface area (Å²) in [6.07, 6.45) is -3.51. The van der Waals surface area contributed by atoms with E-state index in [1.54, 1.807) is 0 Å². The minimum absolute atomic E-state index is 0.0827. The molecule has 0 aliphatic rings. The molecule has 0 radical (unpaired) electrons. The summed E-state index contributed by atoms with van der Waals surface area (Å²) < 4.78 is 51.2. The molecule has 1 aromatic carbocycles. The summed E-state index contributed by atoms with van der Waals surface area (Å²) in [5, 5.41) is 2.64. The standard InChI is InChI=1S/C11H6BrF4N3/c12-9-4-10(18-5-17-9)19-6-1-2-8(13)7(3-6)11(14,15)16/h1-5H,(H,17,18,19). The van der Waals surface area contributed by atoms with E-state index < -0.39 is 17.6 Å². The normalized spacial score (nSPS) is 11.4. The van der Waals surface area contributed by atoms with Gasteiger partial charge in [-0.05, 0) is 34.1 Å². The molecule has 0 spiro atoms. The van der Waals surface area contributed by atoms with Gasteiger partial charge < -0.3 is 5.32 Å². The van der Waals surface area contributed by atoms with Gasteiger partial charge >= 0.3 is 6.18 Å². The van der Waals surface area contributed by atoms with Crippen LogP contribution in [0.5, 0.6) is 0 Å². The fourth-order valence-corrected chi connectivity index (χ4v) is 1.68. The van der Waals surface area contributed by atoms with Gasteiger partial charge in [0.1, 0.15) is 22.6 Å². The minimum atomic E-state index is -4.74. The van der Waals surface area contributed by atoms with Gasteiger partial charge in [-0.15, -0.1) is 0 Å². The Morgan fingerprint density at radius 1 is 1.11 bits per heavy atom. The first kappa shape index (κ1) is 13.7. The van der Waals surface area contributed by atoms with Gasteiger partial charge in [-0.2, -0.15) is 13.2 Å².